The molecule has 0 heterocycles. The SMILES string of the molecule is CN(C)c1ccc(C=C2CCCC(=Cc3ccccc3O)C2=O)cc1. The summed E-state index contributed by atoms with van der Waals surface area (Å²) in [5.74, 6) is 0.296. The Labute approximate surface area is 148 Å². The molecule has 25 heavy (non-hydrogen) atoms. The van der Waals surface area contributed by atoms with Crippen LogP contribution >= 0.6 is 0 Å². The van der Waals surface area contributed by atoms with E-state index in [1.54, 1.807) is 12.1 Å². The third-order valence-corrected chi connectivity index (χ3v) is 4.49. The maximum atomic E-state index is 12.8. The van der Waals surface area contributed by atoms with E-state index < -0.39 is 0 Å². The zero-order valence-corrected chi connectivity index (χ0v) is 14.7. The fraction of sp³-hybridized carbons (Fsp3) is 0.227. The number of hydrogen-bond donors (Lipinski definition) is 1. The van der Waals surface area contributed by atoms with Gasteiger partial charge in [0, 0.05) is 36.5 Å². The summed E-state index contributed by atoms with van der Waals surface area (Å²) in [6.07, 6.45) is 6.31. The minimum absolute atomic E-state index is 0.0891. The van der Waals surface area contributed by atoms with E-state index in [2.05, 4.69) is 17.0 Å². The monoisotopic (exact) mass is 333 g/mol. The van der Waals surface area contributed by atoms with Crippen molar-refractivity contribution in [1.82, 2.24) is 0 Å². The van der Waals surface area contributed by atoms with Crippen molar-refractivity contribution in [3.05, 3.63) is 70.8 Å². The first-order valence-electron chi connectivity index (χ1n) is 8.56. The molecule has 0 aliphatic heterocycles. The van der Waals surface area contributed by atoms with Crippen LogP contribution in [-0.4, -0.2) is 25.0 Å². The molecule has 2 aromatic rings. The molecule has 1 N–H and O–H groups in total. The molecule has 1 aliphatic rings. The molecule has 0 radical (unpaired) electrons. The lowest BCUT2D eigenvalue weighted by Crippen LogP contribution is -2.12. The number of hydrogen-bond acceptors (Lipinski definition) is 3. The van der Waals surface area contributed by atoms with E-state index in [-0.39, 0.29) is 11.5 Å². The van der Waals surface area contributed by atoms with Crippen LogP contribution in [0.3, 0.4) is 0 Å². The van der Waals surface area contributed by atoms with Crippen LogP contribution < -0.4 is 4.90 Å². The standard InChI is InChI=1S/C22H23NO2/c1-23(2)20-12-10-16(11-13-20)14-18-7-5-8-19(22(18)25)15-17-6-3-4-9-21(17)24/h3-4,6,9-15,24H,5,7-8H2,1-2H3. The van der Waals surface area contributed by atoms with Gasteiger partial charge in [-0.2, -0.15) is 0 Å². The fourth-order valence-corrected chi connectivity index (χ4v) is 3.05. The summed E-state index contributed by atoms with van der Waals surface area (Å²) in [7, 11) is 4.02. The van der Waals surface area contributed by atoms with Crippen LogP contribution in [0, 0.1) is 0 Å². The summed E-state index contributed by atoms with van der Waals surface area (Å²) in [5.41, 5.74) is 4.48. The highest BCUT2D eigenvalue weighted by Crippen LogP contribution is 2.30. The van der Waals surface area contributed by atoms with E-state index in [1.165, 1.54) is 0 Å². The molecule has 0 unspecified atom stereocenters. The number of carbonyl (C=O) groups excluding carboxylic acids is 1. The average Bonchev–Trinajstić information content (AvgIpc) is 2.61. The molecule has 3 heteroatoms. The van der Waals surface area contributed by atoms with Crippen molar-refractivity contribution in [2.45, 2.75) is 19.3 Å². The largest absolute Gasteiger partial charge is 0.507 e. The van der Waals surface area contributed by atoms with Crippen LogP contribution in [0.15, 0.2) is 59.7 Å². The predicted molar refractivity (Wildman–Crippen MR) is 104 cm³/mol. The third kappa shape index (κ3) is 4.00. The Kier molecular flexibility index (Phi) is 5.03. The van der Waals surface area contributed by atoms with Crippen molar-refractivity contribution in [1.29, 1.82) is 0 Å². The van der Waals surface area contributed by atoms with E-state index in [9.17, 15) is 9.90 Å². The Morgan fingerprint density at radius 1 is 0.920 bits per heavy atom. The molecule has 3 nitrogen and oxygen atoms in total. The van der Waals surface area contributed by atoms with E-state index in [0.717, 1.165) is 41.7 Å². The molecule has 0 spiro atoms. The number of phenolic OH excluding ortho intramolecular Hbond substituents is 1. The predicted octanol–water partition coefficient (Wildman–Crippen LogP) is 4.68. The molecule has 1 aliphatic carbocycles. The minimum atomic E-state index is 0.0891. The number of para-hydroxylation sites is 1. The quantitative estimate of drug-likeness (QED) is 0.829. The molecule has 1 saturated carbocycles. The van der Waals surface area contributed by atoms with Crippen molar-refractivity contribution < 1.29 is 9.90 Å². The van der Waals surface area contributed by atoms with Gasteiger partial charge in [-0.1, -0.05) is 30.3 Å². The van der Waals surface area contributed by atoms with Crippen LogP contribution in [0.25, 0.3) is 12.2 Å². The van der Waals surface area contributed by atoms with Crippen molar-refractivity contribution >= 4 is 23.6 Å². The number of anilines is 1. The minimum Gasteiger partial charge on any atom is -0.507 e. The van der Waals surface area contributed by atoms with Crippen LogP contribution in [0.5, 0.6) is 5.75 Å². The maximum absolute atomic E-state index is 12.8. The van der Waals surface area contributed by atoms with Gasteiger partial charge in [0.15, 0.2) is 5.78 Å². The number of aromatic hydroxyl groups is 1. The molecule has 0 saturated heterocycles. The molecular weight excluding hydrogens is 310 g/mol. The van der Waals surface area contributed by atoms with Gasteiger partial charge in [0.2, 0.25) is 0 Å². The second-order valence-electron chi connectivity index (χ2n) is 6.57. The smallest absolute Gasteiger partial charge is 0.185 e. The molecule has 3 rings (SSSR count). The first-order valence-corrected chi connectivity index (χ1v) is 8.56. The number of phenols is 1. The van der Waals surface area contributed by atoms with E-state index in [1.807, 2.05) is 50.5 Å². The van der Waals surface area contributed by atoms with Crippen molar-refractivity contribution in [3.63, 3.8) is 0 Å². The van der Waals surface area contributed by atoms with Crippen molar-refractivity contribution in [3.8, 4) is 5.75 Å². The van der Waals surface area contributed by atoms with Crippen LogP contribution in [0.1, 0.15) is 30.4 Å². The molecular formula is C22H23NO2. The molecule has 0 atom stereocenters. The summed E-state index contributed by atoms with van der Waals surface area (Å²) in [6.45, 7) is 0. The number of carbonyl (C=O) groups is 1. The molecule has 1 fully saturated rings. The van der Waals surface area contributed by atoms with Crippen molar-refractivity contribution in [2.24, 2.45) is 0 Å². The lowest BCUT2D eigenvalue weighted by Gasteiger charge is -2.17. The Morgan fingerprint density at radius 2 is 1.56 bits per heavy atom. The summed E-state index contributed by atoms with van der Waals surface area (Å²) in [6, 6.07) is 15.3. The summed E-state index contributed by atoms with van der Waals surface area (Å²) < 4.78 is 0. The number of benzene rings is 2. The van der Waals surface area contributed by atoms with Gasteiger partial charge in [-0.3, -0.25) is 4.79 Å². The first-order chi connectivity index (χ1) is 12.0. The van der Waals surface area contributed by atoms with Gasteiger partial charge < -0.3 is 10.0 Å². The molecule has 0 bridgehead atoms. The second kappa shape index (κ2) is 7.39. The number of allylic oxidation sites excluding steroid dienone is 2. The average molecular weight is 333 g/mol. The second-order valence-corrected chi connectivity index (χ2v) is 6.57. The number of nitrogens with zero attached hydrogens (tertiary/aromatic N) is 1. The molecule has 0 aromatic heterocycles. The maximum Gasteiger partial charge on any atom is 0.185 e. The topological polar surface area (TPSA) is 40.5 Å². The molecule has 0 amide bonds. The molecule has 2 aromatic carbocycles. The Bertz CT molecular complexity index is 829. The van der Waals surface area contributed by atoms with E-state index >= 15 is 0 Å². The van der Waals surface area contributed by atoms with Crippen molar-refractivity contribution in [2.75, 3.05) is 19.0 Å². The Hall–Kier alpha value is -2.81. The highest BCUT2D eigenvalue weighted by atomic mass is 16.3. The highest BCUT2D eigenvalue weighted by molar-refractivity contribution is 6.14. The van der Waals surface area contributed by atoms with Gasteiger partial charge in [-0.05, 0) is 55.2 Å². The van der Waals surface area contributed by atoms with Gasteiger partial charge >= 0.3 is 0 Å². The Morgan fingerprint density at radius 3 is 2.20 bits per heavy atom. The van der Waals surface area contributed by atoms with Crippen LogP contribution in [0.2, 0.25) is 0 Å². The zero-order valence-electron chi connectivity index (χ0n) is 14.7. The summed E-state index contributed by atoms with van der Waals surface area (Å²) in [4.78, 5) is 14.8. The van der Waals surface area contributed by atoms with Gasteiger partial charge in [-0.15, -0.1) is 0 Å². The zero-order chi connectivity index (χ0) is 17.8. The fourth-order valence-electron chi connectivity index (χ4n) is 3.05. The molecule has 128 valence electrons. The van der Waals surface area contributed by atoms with Gasteiger partial charge in [-0.25, -0.2) is 0 Å². The lowest BCUT2D eigenvalue weighted by atomic mass is 9.86. The van der Waals surface area contributed by atoms with E-state index in [4.69, 9.17) is 0 Å². The summed E-state index contributed by atoms with van der Waals surface area (Å²) >= 11 is 0. The highest BCUT2D eigenvalue weighted by Gasteiger charge is 2.20. The normalized spacial score (nSPS) is 17.9. The lowest BCUT2D eigenvalue weighted by molar-refractivity contribution is -0.112. The van der Waals surface area contributed by atoms with Gasteiger partial charge in [0.05, 0.1) is 0 Å². The first kappa shape index (κ1) is 17.0. The van der Waals surface area contributed by atoms with E-state index in [0.29, 0.717) is 5.56 Å². The number of rotatable bonds is 3. The Balaban J connectivity index is 1.86. The van der Waals surface area contributed by atoms with Gasteiger partial charge in [0.1, 0.15) is 5.75 Å². The van der Waals surface area contributed by atoms with Gasteiger partial charge in [0.25, 0.3) is 0 Å². The van der Waals surface area contributed by atoms with Crippen LogP contribution in [0.4, 0.5) is 5.69 Å². The van der Waals surface area contributed by atoms with Crippen LogP contribution in [-0.2, 0) is 4.79 Å². The number of Topliss-reactive ketones (excluding diaryl/α,β-unsaturated/α-hetero) is 1. The summed E-state index contributed by atoms with van der Waals surface area (Å²) in [5, 5.41) is 9.92. The third-order valence-electron chi connectivity index (χ3n) is 4.49. The number of ketones is 1.